The lowest BCUT2D eigenvalue weighted by Crippen LogP contribution is -2.41. The van der Waals surface area contributed by atoms with E-state index in [2.05, 4.69) is 5.10 Å². The zero-order valence-corrected chi connectivity index (χ0v) is 12.6. The van der Waals surface area contributed by atoms with Crippen LogP contribution in [0.3, 0.4) is 0 Å². The normalized spacial score (nSPS) is 26.9. The van der Waals surface area contributed by atoms with Crippen LogP contribution in [0.25, 0.3) is 0 Å². The van der Waals surface area contributed by atoms with E-state index in [-0.39, 0.29) is 18.1 Å². The maximum absolute atomic E-state index is 12.6. The predicted molar refractivity (Wildman–Crippen MR) is 78.6 cm³/mol. The minimum atomic E-state index is 0.131. The Balaban J connectivity index is 1.69. The highest BCUT2D eigenvalue weighted by atomic mass is 32.2. The summed E-state index contributed by atoms with van der Waals surface area (Å²) in [7, 11) is 1.91. The largest absolute Gasteiger partial charge is 0.378 e. The number of carbonyl (C=O) groups is 1. The molecule has 1 aromatic rings. The third-order valence-corrected chi connectivity index (χ3v) is 5.01. The zero-order chi connectivity index (χ0) is 13.9. The molecule has 0 aliphatic carbocycles. The van der Waals surface area contributed by atoms with Gasteiger partial charge in [-0.3, -0.25) is 9.48 Å². The number of aromatic nitrogens is 2. The fourth-order valence-electron chi connectivity index (χ4n) is 2.91. The molecular weight excluding hydrogens is 274 g/mol. The fraction of sp³-hybridized carbons (Fsp3) is 0.714. The Labute approximate surface area is 123 Å². The summed E-state index contributed by atoms with van der Waals surface area (Å²) in [6.45, 7) is 1.63. The topological polar surface area (TPSA) is 47.4 Å². The van der Waals surface area contributed by atoms with Gasteiger partial charge in [0, 0.05) is 43.5 Å². The number of thioether (sulfide) groups is 1. The highest BCUT2D eigenvalue weighted by Crippen LogP contribution is 2.30. The number of aryl methyl sites for hydroxylation is 1. The minimum absolute atomic E-state index is 0.131. The van der Waals surface area contributed by atoms with E-state index in [1.165, 1.54) is 0 Å². The molecule has 3 rings (SSSR count). The molecular formula is C14H21N3O2S. The lowest BCUT2D eigenvalue weighted by atomic mass is 10.1. The Morgan fingerprint density at radius 3 is 3.20 bits per heavy atom. The molecule has 0 bridgehead atoms. The van der Waals surface area contributed by atoms with Crippen LogP contribution in [0.1, 0.15) is 30.9 Å². The van der Waals surface area contributed by atoms with Crippen LogP contribution in [-0.2, 0) is 16.6 Å². The van der Waals surface area contributed by atoms with E-state index in [0.717, 1.165) is 43.1 Å². The summed E-state index contributed by atoms with van der Waals surface area (Å²) >= 11 is 1.91. The molecule has 0 unspecified atom stereocenters. The molecule has 2 fully saturated rings. The quantitative estimate of drug-likeness (QED) is 0.850. The second-order valence-corrected chi connectivity index (χ2v) is 6.61. The van der Waals surface area contributed by atoms with Gasteiger partial charge < -0.3 is 9.64 Å². The number of hydrogen-bond donors (Lipinski definition) is 0. The van der Waals surface area contributed by atoms with Crippen LogP contribution < -0.4 is 0 Å². The first-order chi connectivity index (χ1) is 9.74. The van der Waals surface area contributed by atoms with Gasteiger partial charge in [-0.1, -0.05) is 0 Å². The van der Waals surface area contributed by atoms with Crippen molar-refractivity contribution in [1.82, 2.24) is 14.7 Å². The van der Waals surface area contributed by atoms with Gasteiger partial charge in [0.1, 0.15) is 0 Å². The van der Waals surface area contributed by atoms with Crippen molar-refractivity contribution >= 4 is 17.7 Å². The number of rotatable bonds is 3. The molecule has 0 saturated carbocycles. The number of nitrogens with zero attached hydrogens (tertiary/aromatic N) is 3. The van der Waals surface area contributed by atoms with Crippen LogP contribution in [0.4, 0.5) is 0 Å². The Bertz CT molecular complexity index is 471. The van der Waals surface area contributed by atoms with Crippen molar-refractivity contribution in [1.29, 1.82) is 0 Å². The van der Waals surface area contributed by atoms with Crippen LogP contribution in [0.15, 0.2) is 12.4 Å². The molecule has 2 aliphatic rings. The second-order valence-electron chi connectivity index (χ2n) is 5.46. The summed E-state index contributed by atoms with van der Waals surface area (Å²) in [5, 5.41) is 4.23. The van der Waals surface area contributed by atoms with Crippen LogP contribution in [-0.4, -0.2) is 51.3 Å². The SMILES string of the molecule is Cn1cc([C@@H]2CSCCN2C(=O)C[C@@H]2CCCO2)cn1. The summed E-state index contributed by atoms with van der Waals surface area (Å²) in [4.78, 5) is 14.6. The van der Waals surface area contributed by atoms with E-state index in [4.69, 9.17) is 4.74 Å². The minimum Gasteiger partial charge on any atom is -0.378 e. The average Bonchev–Trinajstić information content (AvgIpc) is 3.10. The van der Waals surface area contributed by atoms with E-state index in [9.17, 15) is 4.79 Å². The predicted octanol–water partition coefficient (Wildman–Crippen LogP) is 1.61. The van der Waals surface area contributed by atoms with E-state index < -0.39 is 0 Å². The third-order valence-electron chi connectivity index (χ3n) is 3.98. The molecule has 0 aromatic carbocycles. The van der Waals surface area contributed by atoms with Gasteiger partial charge in [-0.05, 0) is 12.8 Å². The fourth-order valence-corrected chi connectivity index (χ4v) is 4.00. The van der Waals surface area contributed by atoms with E-state index >= 15 is 0 Å². The standard InChI is InChI=1S/C14H21N3O2S/c1-16-9-11(8-15-16)13-10-20-6-4-17(13)14(18)7-12-3-2-5-19-12/h8-9,12-13H,2-7,10H2,1H3/t12-,13-/m0/s1. The number of carbonyl (C=O) groups excluding carboxylic acids is 1. The number of ether oxygens (including phenoxy) is 1. The van der Waals surface area contributed by atoms with Gasteiger partial charge in [0.2, 0.25) is 5.91 Å². The first kappa shape index (κ1) is 13.9. The molecule has 2 atom stereocenters. The summed E-state index contributed by atoms with van der Waals surface area (Å²) in [5.74, 6) is 2.21. The Kier molecular flexibility index (Phi) is 4.31. The Morgan fingerprint density at radius 1 is 1.60 bits per heavy atom. The van der Waals surface area contributed by atoms with Gasteiger partial charge in [0.05, 0.1) is 24.8 Å². The maximum Gasteiger partial charge on any atom is 0.225 e. The van der Waals surface area contributed by atoms with E-state index in [1.807, 2.05) is 36.1 Å². The summed E-state index contributed by atoms with van der Waals surface area (Å²) in [6.07, 6.45) is 6.66. The molecule has 110 valence electrons. The van der Waals surface area contributed by atoms with Gasteiger partial charge in [-0.2, -0.15) is 16.9 Å². The van der Waals surface area contributed by atoms with Gasteiger partial charge in [-0.25, -0.2) is 0 Å². The monoisotopic (exact) mass is 295 g/mol. The van der Waals surface area contributed by atoms with E-state index in [1.54, 1.807) is 4.68 Å². The molecule has 1 amide bonds. The van der Waals surface area contributed by atoms with Gasteiger partial charge >= 0.3 is 0 Å². The van der Waals surface area contributed by atoms with Crippen molar-refractivity contribution in [2.24, 2.45) is 7.05 Å². The van der Waals surface area contributed by atoms with Crippen LogP contribution in [0.5, 0.6) is 0 Å². The summed E-state index contributed by atoms with van der Waals surface area (Å²) < 4.78 is 7.39. The van der Waals surface area contributed by atoms with Gasteiger partial charge in [0.15, 0.2) is 0 Å². The van der Waals surface area contributed by atoms with Crippen molar-refractivity contribution in [3.63, 3.8) is 0 Å². The van der Waals surface area contributed by atoms with Gasteiger partial charge in [0.25, 0.3) is 0 Å². The molecule has 20 heavy (non-hydrogen) atoms. The van der Waals surface area contributed by atoms with Crippen molar-refractivity contribution in [2.75, 3.05) is 24.7 Å². The molecule has 0 N–H and O–H groups in total. The molecule has 0 spiro atoms. The molecule has 2 aliphatic heterocycles. The molecule has 1 aromatic heterocycles. The number of hydrogen-bond acceptors (Lipinski definition) is 4. The Morgan fingerprint density at radius 2 is 2.50 bits per heavy atom. The number of amides is 1. The van der Waals surface area contributed by atoms with Crippen molar-refractivity contribution in [2.45, 2.75) is 31.4 Å². The second kappa shape index (κ2) is 6.18. The smallest absolute Gasteiger partial charge is 0.225 e. The van der Waals surface area contributed by atoms with E-state index in [0.29, 0.717) is 6.42 Å². The highest BCUT2D eigenvalue weighted by Gasteiger charge is 2.31. The first-order valence-electron chi connectivity index (χ1n) is 7.21. The van der Waals surface area contributed by atoms with Crippen molar-refractivity contribution < 1.29 is 9.53 Å². The van der Waals surface area contributed by atoms with Crippen LogP contribution in [0.2, 0.25) is 0 Å². The van der Waals surface area contributed by atoms with Crippen molar-refractivity contribution in [3.05, 3.63) is 18.0 Å². The average molecular weight is 295 g/mol. The lowest BCUT2D eigenvalue weighted by molar-refractivity contribution is -0.135. The molecule has 5 nitrogen and oxygen atoms in total. The Hall–Kier alpha value is -1.01. The molecule has 0 radical (unpaired) electrons. The lowest BCUT2D eigenvalue weighted by Gasteiger charge is -2.35. The van der Waals surface area contributed by atoms with Crippen LogP contribution in [0, 0.1) is 0 Å². The van der Waals surface area contributed by atoms with Crippen molar-refractivity contribution in [3.8, 4) is 0 Å². The van der Waals surface area contributed by atoms with Crippen LogP contribution >= 0.6 is 11.8 Å². The molecule has 6 heteroatoms. The molecule has 3 heterocycles. The summed E-state index contributed by atoms with van der Waals surface area (Å²) in [5.41, 5.74) is 1.14. The highest BCUT2D eigenvalue weighted by molar-refractivity contribution is 7.99. The molecule has 2 saturated heterocycles. The first-order valence-corrected chi connectivity index (χ1v) is 8.37. The maximum atomic E-state index is 12.6. The van der Waals surface area contributed by atoms with Gasteiger partial charge in [-0.15, -0.1) is 0 Å². The summed E-state index contributed by atoms with van der Waals surface area (Å²) in [6, 6.07) is 0.163. The third kappa shape index (κ3) is 3.01. The zero-order valence-electron chi connectivity index (χ0n) is 11.8.